The number of fused-ring (bicyclic) bond motifs is 2. The number of benzene rings is 2. The fraction of sp³-hybridized carbons (Fsp3) is 0.435. The fourth-order valence-corrected chi connectivity index (χ4v) is 4.46. The van der Waals surface area contributed by atoms with E-state index in [0.29, 0.717) is 18.0 Å². The summed E-state index contributed by atoms with van der Waals surface area (Å²) < 4.78 is 5.57. The van der Waals surface area contributed by atoms with Crippen molar-refractivity contribution in [2.75, 3.05) is 27.2 Å². The number of ether oxygens (including phenoxy) is 1. The summed E-state index contributed by atoms with van der Waals surface area (Å²) in [5.74, 6) is 1.30. The summed E-state index contributed by atoms with van der Waals surface area (Å²) in [6.07, 6.45) is 4.54. The third-order valence-corrected chi connectivity index (χ3v) is 5.94. The Morgan fingerprint density at radius 2 is 2.18 bits per heavy atom. The zero-order valence-electron chi connectivity index (χ0n) is 16.7. The van der Waals surface area contributed by atoms with Crippen LogP contribution in [0.4, 0.5) is 0 Å². The Morgan fingerprint density at radius 1 is 1.29 bits per heavy atom. The molecule has 1 unspecified atom stereocenters. The lowest BCUT2D eigenvalue weighted by Gasteiger charge is -2.30. The first-order chi connectivity index (χ1) is 13.7. The third kappa shape index (κ3) is 3.91. The van der Waals surface area contributed by atoms with Gasteiger partial charge in [0.15, 0.2) is 0 Å². The van der Waals surface area contributed by atoms with Crippen LogP contribution in [0.2, 0.25) is 0 Å². The molecule has 148 valence electrons. The average Bonchev–Trinajstić information content (AvgIpc) is 2.72. The molecule has 0 fully saturated rings. The van der Waals surface area contributed by atoms with Crippen LogP contribution in [-0.4, -0.2) is 38.1 Å². The molecule has 0 bridgehead atoms. The van der Waals surface area contributed by atoms with Gasteiger partial charge in [-0.05, 0) is 73.0 Å². The molecule has 0 aromatic heterocycles. The van der Waals surface area contributed by atoms with E-state index in [2.05, 4.69) is 41.7 Å². The lowest BCUT2D eigenvalue weighted by Crippen LogP contribution is -2.29. The number of methoxy groups -OCH3 is 1. The number of hydroxylamine groups is 1. The van der Waals surface area contributed by atoms with E-state index < -0.39 is 0 Å². The highest BCUT2D eigenvalue weighted by molar-refractivity contribution is 5.91. The Morgan fingerprint density at radius 3 is 3.04 bits per heavy atom. The van der Waals surface area contributed by atoms with Crippen LogP contribution in [0.1, 0.15) is 51.4 Å². The van der Waals surface area contributed by atoms with E-state index in [-0.39, 0.29) is 5.97 Å². The Labute approximate surface area is 166 Å². The molecule has 0 saturated carbocycles. The van der Waals surface area contributed by atoms with Gasteiger partial charge in [-0.15, -0.1) is 5.48 Å². The normalized spacial score (nSPS) is 18.4. The van der Waals surface area contributed by atoms with Crippen molar-refractivity contribution in [3.63, 3.8) is 0 Å². The summed E-state index contributed by atoms with van der Waals surface area (Å²) in [7, 11) is 3.96. The van der Waals surface area contributed by atoms with Crippen LogP contribution >= 0.6 is 0 Å². The van der Waals surface area contributed by atoms with Gasteiger partial charge in [-0.2, -0.15) is 0 Å². The van der Waals surface area contributed by atoms with Crippen LogP contribution < -0.4 is 10.2 Å². The molecule has 0 amide bonds. The van der Waals surface area contributed by atoms with Gasteiger partial charge in [0.25, 0.3) is 0 Å². The van der Waals surface area contributed by atoms with E-state index in [0.717, 1.165) is 37.2 Å². The fourth-order valence-electron chi connectivity index (χ4n) is 4.46. The standard InChI is InChI=1S/C23H28N2O3/c1-25(12-11-16-9-10-20-18(13-16)14-24-28-23(20)26)15-17-5-3-7-21-19(17)6-4-8-22(21)27-2/h4,6,8-10,13,17,24H,3,5,7,11-12,14-15H2,1-2H3. The van der Waals surface area contributed by atoms with Crippen LogP contribution in [0.5, 0.6) is 5.75 Å². The largest absolute Gasteiger partial charge is 0.496 e. The highest BCUT2D eigenvalue weighted by Crippen LogP contribution is 2.36. The Bertz CT molecular complexity index is 865. The third-order valence-electron chi connectivity index (χ3n) is 5.94. The number of nitrogens with zero attached hydrogens (tertiary/aromatic N) is 1. The Balaban J connectivity index is 1.38. The monoisotopic (exact) mass is 380 g/mol. The highest BCUT2D eigenvalue weighted by Gasteiger charge is 2.24. The van der Waals surface area contributed by atoms with Crippen LogP contribution in [0, 0.1) is 0 Å². The summed E-state index contributed by atoms with van der Waals surface area (Å²) in [4.78, 5) is 19.0. The molecule has 0 spiro atoms. The van der Waals surface area contributed by atoms with E-state index in [1.165, 1.54) is 29.5 Å². The predicted molar refractivity (Wildman–Crippen MR) is 109 cm³/mol. The molecule has 2 aromatic rings. The van der Waals surface area contributed by atoms with Gasteiger partial charge in [0.1, 0.15) is 5.75 Å². The molecule has 0 radical (unpaired) electrons. The van der Waals surface area contributed by atoms with E-state index in [1.54, 1.807) is 7.11 Å². The van der Waals surface area contributed by atoms with E-state index >= 15 is 0 Å². The van der Waals surface area contributed by atoms with Gasteiger partial charge in [-0.25, -0.2) is 4.79 Å². The molecule has 4 rings (SSSR count). The average molecular weight is 380 g/mol. The summed E-state index contributed by atoms with van der Waals surface area (Å²) >= 11 is 0. The van der Waals surface area contributed by atoms with Crippen molar-refractivity contribution in [2.45, 2.75) is 38.1 Å². The van der Waals surface area contributed by atoms with Crippen LogP contribution in [0.15, 0.2) is 36.4 Å². The Kier molecular flexibility index (Phi) is 5.64. The maximum absolute atomic E-state index is 11.7. The maximum Gasteiger partial charge on any atom is 0.357 e. The number of carbonyl (C=O) groups is 1. The molecule has 2 aliphatic rings. The summed E-state index contributed by atoms with van der Waals surface area (Å²) in [6, 6.07) is 12.5. The van der Waals surface area contributed by atoms with Crippen molar-refractivity contribution in [1.29, 1.82) is 0 Å². The zero-order valence-corrected chi connectivity index (χ0v) is 16.7. The van der Waals surface area contributed by atoms with Crippen LogP contribution in [-0.2, 0) is 24.2 Å². The zero-order chi connectivity index (χ0) is 19.5. The number of rotatable bonds is 6. The summed E-state index contributed by atoms with van der Waals surface area (Å²) in [6.45, 7) is 2.62. The molecule has 1 aliphatic heterocycles. The molecule has 0 saturated heterocycles. The molecule has 1 N–H and O–H groups in total. The number of hydrogen-bond donors (Lipinski definition) is 1. The molecule has 5 heteroatoms. The summed E-state index contributed by atoms with van der Waals surface area (Å²) in [5.41, 5.74) is 8.48. The second-order valence-corrected chi connectivity index (χ2v) is 7.83. The van der Waals surface area contributed by atoms with E-state index in [1.807, 2.05) is 12.1 Å². The lowest BCUT2D eigenvalue weighted by atomic mass is 9.82. The topological polar surface area (TPSA) is 50.8 Å². The van der Waals surface area contributed by atoms with Gasteiger partial charge in [0.05, 0.1) is 19.2 Å². The maximum atomic E-state index is 11.7. The van der Waals surface area contributed by atoms with Gasteiger partial charge in [-0.3, -0.25) is 0 Å². The van der Waals surface area contributed by atoms with Crippen molar-refractivity contribution in [3.05, 3.63) is 64.2 Å². The first-order valence-corrected chi connectivity index (χ1v) is 10.1. The molecular formula is C23H28N2O3. The quantitative estimate of drug-likeness (QED) is 0.832. The molecule has 28 heavy (non-hydrogen) atoms. The molecular weight excluding hydrogens is 352 g/mol. The van der Waals surface area contributed by atoms with Gasteiger partial charge < -0.3 is 14.5 Å². The number of hydrogen-bond acceptors (Lipinski definition) is 5. The minimum Gasteiger partial charge on any atom is -0.496 e. The number of nitrogens with one attached hydrogen (secondary N) is 1. The number of likely N-dealkylation sites (N-methyl/N-ethyl adjacent to an activating group) is 1. The van der Waals surface area contributed by atoms with Crippen LogP contribution in [0.3, 0.4) is 0 Å². The first-order valence-electron chi connectivity index (χ1n) is 10.1. The molecule has 1 aliphatic carbocycles. The van der Waals surface area contributed by atoms with Crippen molar-refractivity contribution in [1.82, 2.24) is 10.4 Å². The van der Waals surface area contributed by atoms with Crippen LogP contribution in [0.25, 0.3) is 0 Å². The SMILES string of the molecule is COc1cccc2c1CCCC2CN(C)CCc1ccc2c(c1)CNOC2=O. The second-order valence-electron chi connectivity index (χ2n) is 7.83. The first kappa shape index (κ1) is 19.0. The minimum absolute atomic E-state index is 0.295. The van der Waals surface area contributed by atoms with E-state index in [9.17, 15) is 4.79 Å². The lowest BCUT2D eigenvalue weighted by molar-refractivity contribution is 0.0188. The van der Waals surface area contributed by atoms with Crippen molar-refractivity contribution in [3.8, 4) is 5.75 Å². The van der Waals surface area contributed by atoms with Gasteiger partial charge in [0.2, 0.25) is 0 Å². The molecule has 5 nitrogen and oxygen atoms in total. The molecule has 1 atom stereocenters. The van der Waals surface area contributed by atoms with Crippen molar-refractivity contribution < 1.29 is 14.4 Å². The Hall–Kier alpha value is -2.37. The van der Waals surface area contributed by atoms with Crippen molar-refractivity contribution >= 4 is 5.97 Å². The predicted octanol–water partition coefficient (Wildman–Crippen LogP) is 3.46. The second kappa shape index (κ2) is 8.33. The molecule has 1 heterocycles. The van der Waals surface area contributed by atoms with Gasteiger partial charge >= 0.3 is 5.97 Å². The summed E-state index contributed by atoms with van der Waals surface area (Å²) in [5, 5.41) is 0. The highest BCUT2D eigenvalue weighted by atomic mass is 16.7. The van der Waals surface area contributed by atoms with Gasteiger partial charge in [0, 0.05) is 13.1 Å². The molecule has 2 aromatic carbocycles. The smallest absolute Gasteiger partial charge is 0.357 e. The number of carbonyl (C=O) groups excluding carboxylic acids is 1. The minimum atomic E-state index is -0.295. The van der Waals surface area contributed by atoms with Crippen molar-refractivity contribution in [2.24, 2.45) is 0 Å². The van der Waals surface area contributed by atoms with E-state index in [4.69, 9.17) is 9.57 Å². The van der Waals surface area contributed by atoms with Gasteiger partial charge in [-0.1, -0.05) is 24.3 Å².